The van der Waals surface area contributed by atoms with Gasteiger partial charge in [-0.25, -0.2) is 30.0 Å². The largest absolute Gasteiger partial charge is 0.479 e. The maximum Gasteiger partial charge on any atom is 0.413 e. The Morgan fingerprint density at radius 1 is 1.06 bits per heavy atom. The number of hydrogen-bond acceptors (Lipinski definition) is 14. The monoisotopic (exact) mass is 698 g/mol. The number of nitrogens with two attached hydrogens (primary N) is 1. The van der Waals surface area contributed by atoms with Gasteiger partial charge in [0.1, 0.15) is 28.3 Å². The molecule has 0 spiro atoms. The second kappa shape index (κ2) is 12.5. The van der Waals surface area contributed by atoms with Crippen LogP contribution in [0.25, 0.3) is 0 Å². The minimum absolute atomic E-state index is 0.0332. The molecule has 4 rings (SSSR count). The summed E-state index contributed by atoms with van der Waals surface area (Å²) < 4.78 is 10.6. The van der Waals surface area contributed by atoms with Crippen molar-refractivity contribution in [2.24, 2.45) is 11.0 Å². The van der Waals surface area contributed by atoms with Crippen LogP contribution in [0.3, 0.4) is 0 Å². The zero-order chi connectivity index (χ0) is 35.3. The average molecular weight is 699 g/mol. The number of nitrogens with one attached hydrogen (secondary N) is 2. The third kappa shape index (κ3) is 7.54. The number of urea groups is 1. The van der Waals surface area contributed by atoms with Crippen LogP contribution in [0, 0.1) is 0 Å². The standard InChI is InChI=1S/C27H38N8O10S2/c1-24(2,3)43-20(40)26(7,8)45-32-14(13-11-46-21(29-13)31-22(41)44-25(4,5)6)16(36)30-15-17(37)33-12-27(19(38)39,47-18(15)33)34-9-10-35(28)23(34)42/h11,15,18H,9-10,12,28H2,1-8H3,(H,30,36)(H,38,39)(H,29,31,41)/b32-14-/t15-,18?,27-/m1/s1. The molecular weight excluding hydrogens is 660 g/mol. The number of amides is 5. The summed E-state index contributed by atoms with van der Waals surface area (Å²) in [4.78, 5) is 87.2. The van der Waals surface area contributed by atoms with Crippen LogP contribution in [0.1, 0.15) is 61.1 Å². The summed E-state index contributed by atoms with van der Waals surface area (Å²) in [6.07, 6.45) is -0.793. The summed E-state index contributed by atoms with van der Waals surface area (Å²) in [6, 6.07) is -1.91. The highest BCUT2D eigenvalue weighted by molar-refractivity contribution is 8.02. The summed E-state index contributed by atoms with van der Waals surface area (Å²) in [6.45, 7) is 12.6. The Morgan fingerprint density at radius 2 is 1.70 bits per heavy atom. The first-order chi connectivity index (χ1) is 21.5. The third-order valence-corrected chi connectivity index (χ3v) is 9.21. The van der Waals surface area contributed by atoms with Crippen molar-refractivity contribution < 1.29 is 48.2 Å². The van der Waals surface area contributed by atoms with Crippen molar-refractivity contribution in [1.29, 1.82) is 0 Å². The lowest BCUT2D eigenvalue weighted by Gasteiger charge is -2.41. The van der Waals surface area contributed by atoms with Gasteiger partial charge >= 0.3 is 24.1 Å². The number of oxime groups is 1. The van der Waals surface area contributed by atoms with E-state index in [0.29, 0.717) is 0 Å². The highest BCUT2D eigenvalue weighted by Gasteiger charge is 2.66. The first-order valence-electron chi connectivity index (χ1n) is 14.4. The van der Waals surface area contributed by atoms with Gasteiger partial charge in [0.2, 0.25) is 16.4 Å². The van der Waals surface area contributed by atoms with Gasteiger partial charge in [0.15, 0.2) is 10.8 Å². The van der Waals surface area contributed by atoms with Crippen molar-refractivity contribution in [3.63, 3.8) is 0 Å². The molecule has 20 heteroatoms. The summed E-state index contributed by atoms with van der Waals surface area (Å²) in [7, 11) is 0. The van der Waals surface area contributed by atoms with Gasteiger partial charge in [-0.3, -0.25) is 24.8 Å². The number of nitrogens with zero attached hydrogens (tertiary/aromatic N) is 5. The van der Waals surface area contributed by atoms with Crippen LogP contribution in [-0.4, -0.2) is 119 Å². The number of carboxylic acid groups (broad SMARTS) is 1. The van der Waals surface area contributed by atoms with Crippen molar-refractivity contribution >= 4 is 69.8 Å². The second-order valence-corrected chi connectivity index (χ2v) is 15.6. The number of ether oxygens (including phenoxy) is 2. The minimum Gasteiger partial charge on any atom is -0.479 e. The Labute approximate surface area is 278 Å². The highest BCUT2D eigenvalue weighted by atomic mass is 32.2. The van der Waals surface area contributed by atoms with E-state index >= 15 is 0 Å². The van der Waals surface area contributed by atoms with Crippen molar-refractivity contribution in [1.82, 2.24) is 25.1 Å². The van der Waals surface area contributed by atoms with Crippen molar-refractivity contribution in [3.05, 3.63) is 11.1 Å². The fourth-order valence-electron chi connectivity index (χ4n) is 4.54. The molecule has 3 saturated heterocycles. The zero-order valence-corrected chi connectivity index (χ0v) is 28.7. The smallest absolute Gasteiger partial charge is 0.413 e. The van der Waals surface area contributed by atoms with Crippen LogP contribution in [0.4, 0.5) is 14.7 Å². The third-order valence-electron chi connectivity index (χ3n) is 6.77. The van der Waals surface area contributed by atoms with E-state index < -0.39 is 74.7 Å². The van der Waals surface area contributed by atoms with Crippen LogP contribution >= 0.6 is 23.1 Å². The number of aliphatic carboxylic acids is 1. The van der Waals surface area contributed by atoms with Gasteiger partial charge in [-0.1, -0.05) is 16.9 Å². The SMILES string of the molecule is CC(C)(C)OC(=O)Nc1nc(/C(=N/OC(C)(C)C(=O)OC(C)(C)C)C(=O)N[C@@H]2C(=O)N3C[C@@](C(=O)O)(N4CCN(N)C4=O)SC23)cs1. The molecule has 1 unspecified atom stereocenters. The molecule has 0 bridgehead atoms. The minimum atomic E-state index is -1.82. The molecule has 18 nitrogen and oxygen atoms in total. The van der Waals surface area contributed by atoms with Crippen LogP contribution < -0.4 is 16.5 Å². The molecule has 0 aliphatic carbocycles. The number of β-lactam (4-membered cyclic amide) rings is 1. The number of fused-ring (bicyclic) bond motifs is 1. The van der Waals surface area contributed by atoms with E-state index in [-0.39, 0.29) is 30.5 Å². The van der Waals surface area contributed by atoms with Gasteiger partial charge in [0.05, 0.1) is 13.1 Å². The number of carbonyl (C=O) groups is 6. The number of thioether (sulfide) groups is 1. The Hall–Kier alpha value is -4.17. The molecule has 3 aliphatic heterocycles. The Morgan fingerprint density at radius 3 is 2.26 bits per heavy atom. The molecule has 3 fully saturated rings. The molecule has 3 aliphatic rings. The molecule has 0 saturated carbocycles. The van der Waals surface area contributed by atoms with Gasteiger partial charge in [-0.15, -0.1) is 11.3 Å². The van der Waals surface area contributed by atoms with Crippen LogP contribution in [0.15, 0.2) is 10.5 Å². The van der Waals surface area contributed by atoms with Crippen LogP contribution in [-0.2, 0) is 33.5 Å². The molecule has 5 N–H and O–H groups in total. The maximum atomic E-state index is 13.7. The molecule has 1 aromatic rings. The predicted molar refractivity (Wildman–Crippen MR) is 168 cm³/mol. The van der Waals surface area contributed by atoms with E-state index in [2.05, 4.69) is 20.8 Å². The molecular formula is C27H38N8O10S2. The van der Waals surface area contributed by atoms with E-state index in [1.54, 1.807) is 41.5 Å². The van der Waals surface area contributed by atoms with Crippen molar-refractivity contribution in [3.8, 4) is 0 Å². The number of anilines is 1. The topological polar surface area (TPSA) is 235 Å². The molecule has 5 amide bonds. The van der Waals surface area contributed by atoms with Crippen LogP contribution in [0.5, 0.6) is 0 Å². The van der Waals surface area contributed by atoms with E-state index in [9.17, 15) is 33.9 Å². The van der Waals surface area contributed by atoms with Crippen LogP contribution in [0.2, 0.25) is 0 Å². The van der Waals surface area contributed by atoms with Crippen molar-refractivity contribution in [2.45, 2.75) is 88.5 Å². The summed E-state index contributed by atoms with van der Waals surface area (Å²) in [5.41, 5.74) is -3.84. The van der Waals surface area contributed by atoms with E-state index in [1.807, 2.05) is 0 Å². The fourth-order valence-corrected chi connectivity index (χ4v) is 6.86. The number of hydrazine groups is 1. The van der Waals surface area contributed by atoms with Crippen molar-refractivity contribution in [2.75, 3.05) is 25.0 Å². The number of thiazole rings is 1. The number of esters is 1. The lowest BCUT2D eigenvalue weighted by molar-refractivity contribution is -0.179. The molecule has 258 valence electrons. The quantitative estimate of drug-likeness (QED) is 0.0708. The number of hydrogen-bond donors (Lipinski definition) is 4. The summed E-state index contributed by atoms with van der Waals surface area (Å²) in [5, 5.41) is 20.6. The van der Waals surface area contributed by atoms with Gasteiger partial charge in [0.25, 0.3) is 5.91 Å². The zero-order valence-electron chi connectivity index (χ0n) is 27.1. The number of rotatable bonds is 9. The van der Waals surface area contributed by atoms with E-state index in [0.717, 1.165) is 33.0 Å². The molecule has 1 aromatic heterocycles. The number of carbonyl (C=O) groups excluding carboxylic acids is 5. The van der Waals surface area contributed by atoms with Gasteiger partial charge in [-0.05, 0) is 55.4 Å². The lowest BCUT2D eigenvalue weighted by atomic mass is 10.1. The van der Waals surface area contributed by atoms with Gasteiger partial charge in [0, 0.05) is 11.9 Å². The molecule has 3 atom stereocenters. The lowest BCUT2D eigenvalue weighted by Crippen LogP contribution is -2.68. The fraction of sp³-hybridized carbons (Fsp3) is 0.630. The maximum absolute atomic E-state index is 13.7. The first kappa shape index (κ1) is 35.7. The number of carboxylic acids is 1. The molecule has 0 radical (unpaired) electrons. The molecule has 4 heterocycles. The highest BCUT2D eigenvalue weighted by Crippen LogP contribution is 2.49. The second-order valence-electron chi connectivity index (χ2n) is 13.4. The average Bonchev–Trinajstić information content (AvgIpc) is 3.62. The van der Waals surface area contributed by atoms with E-state index in [4.69, 9.17) is 20.2 Å². The predicted octanol–water partition coefficient (Wildman–Crippen LogP) is 1.12. The first-order valence-corrected chi connectivity index (χ1v) is 16.1. The van der Waals surface area contributed by atoms with E-state index in [1.165, 1.54) is 24.1 Å². The Bertz CT molecular complexity index is 1520. The normalized spacial score (nSPS) is 23.3. The van der Waals surface area contributed by atoms with Gasteiger partial charge < -0.3 is 29.6 Å². The molecule has 0 aromatic carbocycles. The summed E-state index contributed by atoms with van der Waals surface area (Å²) in [5.74, 6) is 2.01. The Kier molecular flexibility index (Phi) is 9.45. The Balaban J connectivity index is 1.58. The van der Waals surface area contributed by atoms with Gasteiger partial charge in [-0.2, -0.15) is 0 Å². The number of aromatic nitrogens is 1. The summed E-state index contributed by atoms with van der Waals surface area (Å²) >= 11 is 1.77. The molecule has 47 heavy (non-hydrogen) atoms.